The first-order valence-corrected chi connectivity index (χ1v) is 16.9. The van der Waals surface area contributed by atoms with Crippen molar-refractivity contribution in [3.63, 3.8) is 0 Å². The summed E-state index contributed by atoms with van der Waals surface area (Å²) in [7, 11) is -3.71. The van der Waals surface area contributed by atoms with E-state index in [1.165, 1.54) is 57.7 Å². The van der Waals surface area contributed by atoms with Crippen molar-refractivity contribution in [1.82, 2.24) is 14.5 Å². The molecule has 0 unspecified atom stereocenters. The number of carbonyl (C=O) groups excluding carboxylic acids is 2. The molecule has 5 rings (SSSR count). The predicted octanol–water partition coefficient (Wildman–Crippen LogP) is 5.62. The van der Waals surface area contributed by atoms with Crippen molar-refractivity contribution in [2.45, 2.75) is 24.0 Å². The number of carbonyl (C=O) groups is 2. The van der Waals surface area contributed by atoms with Gasteiger partial charge in [0.15, 0.2) is 6.61 Å². The number of hydrogen-bond donors (Lipinski definition) is 1. The molecule has 0 bridgehead atoms. The maximum absolute atomic E-state index is 13.9. The van der Waals surface area contributed by atoms with Crippen LogP contribution in [0, 0.1) is 5.82 Å². The van der Waals surface area contributed by atoms with Crippen LogP contribution in [0.1, 0.15) is 22.7 Å². The number of sulfonamides is 1. The fourth-order valence-corrected chi connectivity index (χ4v) is 6.92. The van der Waals surface area contributed by atoms with E-state index in [0.717, 1.165) is 0 Å². The van der Waals surface area contributed by atoms with Gasteiger partial charge in [-0.15, -0.1) is 0 Å². The van der Waals surface area contributed by atoms with Crippen molar-refractivity contribution in [2.24, 2.45) is 0 Å². The van der Waals surface area contributed by atoms with Crippen LogP contribution in [0.15, 0.2) is 102 Å². The largest absolute Gasteiger partial charge is 0.484 e. The van der Waals surface area contributed by atoms with Crippen LogP contribution in [0.25, 0.3) is 0 Å². The number of ether oxygens (including phenoxy) is 2. The number of rotatable bonds is 12. The molecule has 0 aliphatic carbocycles. The van der Waals surface area contributed by atoms with Crippen LogP contribution in [0.3, 0.4) is 0 Å². The summed E-state index contributed by atoms with van der Waals surface area (Å²) < 4.78 is 52.1. The summed E-state index contributed by atoms with van der Waals surface area (Å²) in [6, 6.07) is 24.1. The van der Waals surface area contributed by atoms with Crippen LogP contribution in [0.2, 0.25) is 10.0 Å². The van der Waals surface area contributed by atoms with Gasteiger partial charge in [0.05, 0.1) is 18.1 Å². The second kappa shape index (κ2) is 15.7. The Kier molecular flexibility index (Phi) is 11.5. The average Bonchev–Trinajstić information content (AvgIpc) is 3.08. The summed E-state index contributed by atoms with van der Waals surface area (Å²) in [5.74, 6) is -1.19. The van der Waals surface area contributed by atoms with Crippen molar-refractivity contribution >= 4 is 45.0 Å². The van der Waals surface area contributed by atoms with Gasteiger partial charge in [-0.3, -0.25) is 9.59 Å². The van der Waals surface area contributed by atoms with Gasteiger partial charge in [0.25, 0.3) is 5.91 Å². The molecule has 4 aromatic rings. The molecule has 0 spiro atoms. The van der Waals surface area contributed by atoms with Crippen molar-refractivity contribution in [1.29, 1.82) is 0 Å². The van der Waals surface area contributed by atoms with Crippen LogP contribution in [0.5, 0.6) is 5.75 Å². The Bertz CT molecular complexity index is 1790. The number of amides is 2. The fraction of sp³-hybridized carbons (Fsp3) is 0.235. The molecule has 1 saturated heterocycles. The maximum atomic E-state index is 13.9. The number of halogens is 3. The molecular weight excluding hydrogens is 668 g/mol. The van der Waals surface area contributed by atoms with E-state index in [2.05, 4.69) is 5.32 Å². The maximum Gasteiger partial charge on any atom is 0.261 e. The minimum Gasteiger partial charge on any atom is -0.484 e. The minimum atomic E-state index is -3.71. The normalized spacial score (nSPS) is 14.3. The standard InChI is InChI=1S/C34H32Cl2FN3O6S/c35-27-9-8-26(31(36)20-27)21-38-34(42)33(25-4-2-1-3-5-25)40(22-24-6-10-28(37)11-7-24)32(41)23-46-29-12-14-30(15-13-29)47(43,44)39-16-18-45-19-17-39/h1-15,20,33H,16-19,21-23H2,(H,38,42)/t33-/m1/s1. The molecule has 0 aromatic heterocycles. The van der Waals surface area contributed by atoms with Gasteiger partial charge in [0.2, 0.25) is 15.9 Å². The fourth-order valence-electron chi connectivity index (χ4n) is 5.03. The highest BCUT2D eigenvalue weighted by Gasteiger charge is 2.32. The third kappa shape index (κ3) is 8.88. The van der Waals surface area contributed by atoms with Crippen molar-refractivity contribution in [3.05, 3.63) is 130 Å². The van der Waals surface area contributed by atoms with Crippen molar-refractivity contribution in [2.75, 3.05) is 32.9 Å². The SMILES string of the molecule is O=C(NCc1ccc(Cl)cc1Cl)[C@@H](c1ccccc1)N(Cc1ccc(F)cc1)C(=O)COc1ccc(S(=O)(=O)N2CCOCC2)cc1. The number of nitrogens with zero attached hydrogens (tertiary/aromatic N) is 2. The lowest BCUT2D eigenvalue weighted by Crippen LogP contribution is -2.45. The molecule has 246 valence electrons. The Morgan fingerprint density at radius 3 is 2.28 bits per heavy atom. The Balaban J connectivity index is 1.37. The molecule has 1 heterocycles. The van der Waals surface area contributed by atoms with Gasteiger partial charge in [-0.1, -0.05) is 71.7 Å². The van der Waals surface area contributed by atoms with E-state index in [1.807, 2.05) is 0 Å². The summed E-state index contributed by atoms with van der Waals surface area (Å²) in [6.07, 6.45) is 0. The third-order valence-electron chi connectivity index (χ3n) is 7.52. The molecule has 0 saturated carbocycles. The first-order valence-electron chi connectivity index (χ1n) is 14.7. The zero-order chi connectivity index (χ0) is 33.4. The zero-order valence-electron chi connectivity index (χ0n) is 25.2. The van der Waals surface area contributed by atoms with Crippen LogP contribution < -0.4 is 10.1 Å². The quantitative estimate of drug-likeness (QED) is 0.206. The third-order valence-corrected chi connectivity index (χ3v) is 10.0. The second-order valence-electron chi connectivity index (χ2n) is 10.7. The monoisotopic (exact) mass is 699 g/mol. The smallest absolute Gasteiger partial charge is 0.261 e. The summed E-state index contributed by atoms with van der Waals surface area (Å²) in [6.45, 7) is 0.766. The van der Waals surface area contributed by atoms with Gasteiger partial charge < -0.3 is 19.7 Å². The van der Waals surface area contributed by atoms with Crippen LogP contribution in [0.4, 0.5) is 4.39 Å². The van der Waals surface area contributed by atoms with Crippen LogP contribution in [-0.2, 0) is 37.4 Å². The average molecular weight is 701 g/mol. The first-order chi connectivity index (χ1) is 22.6. The molecule has 1 fully saturated rings. The van der Waals surface area contributed by atoms with Gasteiger partial charge in [-0.2, -0.15) is 4.31 Å². The molecule has 1 atom stereocenters. The van der Waals surface area contributed by atoms with E-state index in [9.17, 15) is 22.4 Å². The lowest BCUT2D eigenvalue weighted by atomic mass is 10.0. The van der Waals surface area contributed by atoms with Crippen LogP contribution in [-0.4, -0.2) is 62.3 Å². The highest BCUT2D eigenvalue weighted by molar-refractivity contribution is 7.89. The Labute approximate surface area is 282 Å². The van der Waals surface area contributed by atoms with Gasteiger partial charge in [-0.25, -0.2) is 12.8 Å². The van der Waals surface area contributed by atoms with E-state index >= 15 is 0 Å². The molecule has 13 heteroatoms. The molecule has 47 heavy (non-hydrogen) atoms. The first kappa shape index (κ1) is 34.3. The molecular formula is C34H32Cl2FN3O6S. The summed E-state index contributed by atoms with van der Waals surface area (Å²) in [4.78, 5) is 29.2. The highest BCUT2D eigenvalue weighted by Crippen LogP contribution is 2.27. The highest BCUT2D eigenvalue weighted by atomic mass is 35.5. The van der Waals surface area contributed by atoms with E-state index in [-0.39, 0.29) is 36.8 Å². The van der Waals surface area contributed by atoms with Gasteiger partial charge in [0.1, 0.15) is 17.6 Å². The topological polar surface area (TPSA) is 105 Å². The van der Waals surface area contributed by atoms with E-state index in [4.69, 9.17) is 32.7 Å². The summed E-state index contributed by atoms with van der Waals surface area (Å²) in [5, 5.41) is 3.71. The second-order valence-corrected chi connectivity index (χ2v) is 13.5. The Morgan fingerprint density at radius 1 is 0.936 bits per heavy atom. The zero-order valence-corrected chi connectivity index (χ0v) is 27.5. The van der Waals surface area contributed by atoms with Crippen molar-refractivity contribution < 1.29 is 31.9 Å². The lowest BCUT2D eigenvalue weighted by molar-refractivity contribution is -0.143. The predicted molar refractivity (Wildman–Crippen MR) is 176 cm³/mol. The summed E-state index contributed by atoms with van der Waals surface area (Å²) >= 11 is 12.4. The molecule has 4 aromatic carbocycles. The number of hydrogen-bond acceptors (Lipinski definition) is 6. The van der Waals surface area contributed by atoms with Gasteiger partial charge >= 0.3 is 0 Å². The van der Waals surface area contributed by atoms with Gasteiger partial charge in [-0.05, 0) is 65.2 Å². The van der Waals surface area contributed by atoms with Gasteiger partial charge in [0, 0.05) is 36.2 Å². The van der Waals surface area contributed by atoms with Crippen molar-refractivity contribution in [3.8, 4) is 5.75 Å². The number of nitrogens with one attached hydrogen (secondary N) is 1. The van der Waals surface area contributed by atoms with E-state index in [1.54, 1.807) is 48.5 Å². The summed E-state index contributed by atoms with van der Waals surface area (Å²) in [5.41, 5.74) is 1.77. The Hall–Kier alpha value is -4.00. The molecule has 2 amide bonds. The van der Waals surface area contributed by atoms with Crippen LogP contribution >= 0.6 is 23.2 Å². The van der Waals surface area contributed by atoms with E-state index < -0.39 is 40.3 Å². The molecule has 1 aliphatic heterocycles. The number of morpholine rings is 1. The molecule has 1 N–H and O–H groups in total. The number of benzene rings is 4. The van der Waals surface area contributed by atoms with E-state index in [0.29, 0.717) is 39.9 Å². The molecule has 1 aliphatic rings. The molecule has 0 radical (unpaired) electrons. The molecule has 9 nitrogen and oxygen atoms in total. The Morgan fingerprint density at radius 2 is 1.62 bits per heavy atom. The lowest BCUT2D eigenvalue weighted by Gasteiger charge is -2.31. The minimum absolute atomic E-state index is 0.0338.